The van der Waals surface area contributed by atoms with Crippen LogP contribution in [0.3, 0.4) is 0 Å². The molecule has 0 amide bonds. The van der Waals surface area contributed by atoms with E-state index in [1.807, 2.05) is 0 Å². The predicted molar refractivity (Wildman–Crippen MR) is 210 cm³/mol. The molecule has 0 aromatic heterocycles. The number of hydrogen-bond acceptors (Lipinski definition) is 1. The number of anilines is 3. The first-order valence-electron chi connectivity index (χ1n) is 16.9. The molecule has 0 aliphatic heterocycles. The van der Waals surface area contributed by atoms with Crippen molar-refractivity contribution in [3.63, 3.8) is 0 Å². The van der Waals surface area contributed by atoms with Crippen LogP contribution in [0.4, 0.5) is 17.1 Å². The van der Waals surface area contributed by atoms with Crippen molar-refractivity contribution in [1.29, 1.82) is 0 Å². The lowest BCUT2D eigenvalue weighted by atomic mass is 9.92. The van der Waals surface area contributed by atoms with E-state index in [0.717, 1.165) is 17.1 Å². The van der Waals surface area contributed by atoms with E-state index in [1.165, 1.54) is 65.7 Å². The van der Waals surface area contributed by atoms with Crippen LogP contribution in [0.25, 0.3) is 65.7 Å². The second kappa shape index (κ2) is 12.3. The minimum absolute atomic E-state index is 1.12. The third kappa shape index (κ3) is 5.23. The molecule has 0 saturated heterocycles. The van der Waals surface area contributed by atoms with Gasteiger partial charge in [-0.15, -0.1) is 0 Å². The fraction of sp³-hybridized carbons (Fsp3) is 0. The van der Waals surface area contributed by atoms with Crippen molar-refractivity contribution >= 4 is 49.4 Å². The largest absolute Gasteiger partial charge is 0.309 e. The van der Waals surface area contributed by atoms with E-state index in [1.54, 1.807) is 0 Å². The Kier molecular flexibility index (Phi) is 7.22. The van der Waals surface area contributed by atoms with E-state index in [0.29, 0.717) is 0 Å². The molecule has 230 valence electrons. The Morgan fingerprint density at radius 3 is 1.59 bits per heavy atom. The van der Waals surface area contributed by atoms with Gasteiger partial charge in [0.1, 0.15) is 0 Å². The summed E-state index contributed by atoms with van der Waals surface area (Å²) in [5.74, 6) is 0. The Labute approximate surface area is 287 Å². The Morgan fingerprint density at radius 2 is 0.816 bits per heavy atom. The molecule has 0 bridgehead atoms. The molecular weight excluding hydrogens is 591 g/mol. The molecule has 1 nitrogen and oxygen atoms in total. The monoisotopic (exact) mass is 623 g/mol. The zero-order valence-electron chi connectivity index (χ0n) is 27.0. The summed E-state index contributed by atoms with van der Waals surface area (Å²) in [5.41, 5.74) is 10.5. The van der Waals surface area contributed by atoms with Crippen LogP contribution in [0.5, 0.6) is 0 Å². The van der Waals surface area contributed by atoms with Gasteiger partial charge in [-0.1, -0.05) is 170 Å². The van der Waals surface area contributed by atoms with Crippen molar-refractivity contribution in [3.05, 3.63) is 200 Å². The molecule has 0 aliphatic carbocycles. The Balaban J connectivity index is 1.40. The zero-order valence-corrected chi connectivity index (χ0v) is 27.0. The van der Waals surface area contributed by atoms with Gasteiger partial charge >= 0.3 is 0 Å². The van der Waals surface area contributed by atoms with Gasteiger partial charge in [0.05, 0.1) is 17.1 Å². The first-order chi connectivity index (χ1) is 24.3. The summed E-state index contributed by atoms with van der Waals surface area (Å²) < 4.78 is 0. The van der Waals surface area contributed by atoms with Gasteiger partial charge in [-0.2, -0.15) is 0 Å². The molecule has 1 heteroatoms. The van der Waals surface area contributed by atoms with Gasteiger partial charge in [-0.3, -0.25) is 0 Å². The van der Waals surface area contributed by atoms with E-state index >= 15 is 0 Å². The van der Waals surface area contributed by atoms with E-state index in [-0.39, 0.29) is 0 Å². The van der Waals surface area contributed by atoms with Crippen LogP contribution < -0.4 is 4.90 Å². The maximum absolute atomic E-state index is 2.50. The molecule has 0 spiro atoms. The molecule has 0 aliphatic rings. The molecule has 9 rings (SSSR count). The quantitative estimate of drug-likeness (QED) is 0.178. The van der Waals surface area contributed by atoms with Crippen LogP contribution in [0.2, 0.25) is 0 Å². The summed E-state index contributed by atoms with van der Waals surface area (Å²) in [6, 6.07) is 72.6. The Morgan fingerprint density at radius 1 is 0.265 bits per heavy atom. The van der Waals surface area contributed by atoms with Gasteiger partial charge in [-0.05, 0) is 79.5 Å². The lowest BCUT2D eigenvalue weighted by Gasteiger charge is -2.32. The number of benzene rings is 9. The second-order valence-corrected chi connectivity index (χ2v) is 12.5. The van der Waals surface area contributed by atoms with Crippen LogP contribution in [-0.2, 0) is 0 Å². The molecule has 0 atom stereocenters. The van der Waals surface area contributed by atoms with Crippen molar-refractivity contribution < 1.29 is 0 Å². The smallest absolute Gasteiger partial charge is 0.0547 e. The summed E-state index contributed by atoms with van der Waals surface area (Å²) >= 11 is 0. The Hall–Kier alpha value is -6.44. The van der Waals surface area contributed by atoms with Gasteiger partial charge in [0, 0.05) is 16.5 Å². The van der Waals surface area contributed by atoms with Crippen molar-refractivity contribution in [3.8, 4) is 33.4 Å². The van der Waals surface area contributed by atoms with Gasteiger partial charge in [0.15, 0.2) is 0 Å². The number of rotatable bonds is 6. The molecule has 0 fully saturated rings. The van der Waals surface area contributed by atoms with E-state index < -0.39 is 0 Å². The van der Waals surface area contributed by atoms with Crippen LogP contribution in [0.15, 0.2) is 200 Å². The highest BCUT2D eigenvalue weighted by Gasteiger charge is 2.24. The summed E-state index contributed by atoms with van der Waals surface area (Å²) in [4.78, 5) is 2.50. The minimum atomic E-state index is 1.12. The topological polar surface area (TPSA) is 3.24 Å². The highest BCUT2D eigenvalue weighted by atomic mass is 15.1. The SMILES string of the molecule is c1ccc(-c2ccc(N(c3ccc4ccccc4c3-c3ccc4ccccc4c3)c3cccc4ccccc34)c(-c3ccccc3)c2)cc1. The average Bonchev–Trinajstić information content (AvgIpc) is 3.18. The van der Waals surface area contributed by atoms with Gasteiger partial charge < -0.3 is 4.90 Å². The average molecular weight is 624 g/mol. The second-order valence-electron chi connectivity index (χ2n) is 12.5. The van der Waals surface area contributed by atoms with Gasteiger partial charge in [-0.25, -0.2) is 0 Å². The maximum atomic E-state index is 2.50. The fourth-order valence-electron chi connectivity index (χ4n) is 7.28. The molecule has 0 N–H and O–H groups in total. The molecular formula is C48H33N. The third-order valence-electron chi connectivity index (χ3n) is 9.62. The Bertz CT molecular complexity index is 2600. The first kappa shape index (κ1) is 28.8. The summed E-state index contributed by atoms with van der Waals surface area (Å²) in [6.07, 6.45) is 0. The van der Waals surface area contributed by atoms with E-state index in [2.05, 4.69) is 205 Å². The van der Waals surface area contributed by atoms with Crippen LogP contribution in [0, 0.1) is 0 Å². The van der Waals surface area contributed by atoms with E-state index in [9.17, 15) is 0 Å². The van der Waals surface area contributed by atoms with Crippen LogP contribution >= 0.6 is 0 Å². The van der Waals surface area contributed by atoms with Gasteiger partial charge in [0.25, 0.3) is 0 Å². The zero-order chi connectivity index (χ0) is 32.6. The van der Waals surface area contributed by atoms with Crippen molar-refractivity contribution in [1.82, 2.24) is 0 Å². The summed E-state index contributed by atoms with van der Waals surface area (Å²) in [5, 5.41) is 7.32. The van der Waals surface area contributed by atoms with Crippen molar-refractivity contribution in [2.24, 2.45) is 0 Å². The number of hydrogen-bond donors (Lipinski definition) is 0. The third-order valence-corrected chi connectivity index (χ3v) is 9.62. The van der Waals surface area contributed by atoms with Crippen LogP contribution in [-0.4, -0.2) is 0 Å². The lowest BCUT2D eigenvalue weighted by molar-refractivity contribution is 1.30. The standard InChI is InChI=1S/C48H33N/c1-3-14-34(15-4-1)40-29-30-46(44(33-40)37-17-5-2-6-18-37)49(45-25-13-22-36-19-9-11-23-42(36)45)47-31-28-38-20-10-12-24-43(38)48(47)41-27-26-35-16-7-8-21-39(35)32-41/h1-33H. The summed E-state index contributed by atoms with van der Waals surface area (Å²) in [7, 11) is 0. The van der Waals surface area contributed by atoms with Crippen molar-refractivity contribution in [2.75, 3.05) is 4.90 Å². The lowest BCUT2D eigenvalue weighted by Crippen LogP contribution is -2.13. The molecule has 0 saturated carbocycles. The molecule has 49 heavy (non-hydrogen) atoms. The molecule has 0 unspecified atom stereocenters. The van der Waals surface area contributed by atoms with E-state index in [4.69, 9.17) is 0 Å². The van der Waals surface area contributed by atoms with Gasteiger partial charge in [0.2, 0.25) is 0 Å². The molecule has 9 aromatic rings. The predicted octanol–water partition coefficient (Wildman–Crippen LogP) is 13.6. The highest BCUT2D eigenvalue weighted by molar-refractivity contribution is 6.10. The molecule has 0 heterocycles. The first-order valence-corrected chi connectivity index (χ1v) is 16.9. The number of fused-ring (bicyclic) bond motifs is 3. The summed E-state index contributed by atoms with van der Waals surface area (Å²) in [6.45, 7) is 0. The maximum Gasteiger partial charge on any atom is 0.0547 e. The minimum Gasteiger partial charge on any atom is -0.309 e. The normalized spacial score (nSPS) is 11.3. The van der Waals surface area contributed by atoms with Crippen LogP contribution in [0.1, 0.15) is 0 Å². The number of nitrogens with zero attached hydrogens (tertiary/aromatic N) is 1. The fourth-order valence-corrected chi connectivity index (χ4v) is 7.28. The molecule has 9 aromatic carbocycles. The molecule has 0 radical (unpaired) electrons. The highest BCUT2D eigenvalue weighted by Crippen LogP contribution is 2.49. The van der Waals surface area contributed by atoms with Crippen molar-refractivity contribution in [2.45, 2.75) is 0 Å².